The minimum absolute atomic E-state index is 0.111. The maximum atomic E-state index is 4.17. The molecular formula is C10H16N2. The second-order valence-electron chi connectivity index (χ2n) is 4.01. The largest absolute Gasteiger partial charge is 0.159 e. The molecular weight excluding hydrogens is 148 g/mol. The molecule has 0 amide bonds. The summed E-state index contributed by atoms with van der Waals surface area (Å²) in [5, 5.41) is 8.08. The van der Waals surface area contributed by atoms with Crippen LogP contribution >= 0.6 is 0 Å². The molecule has 1 rings (SSSR count). The molecule has 0 saturated heterocycles. The Morgan fingerprint density at radius 1 is 1.33 bits per heavy atom. The topological polar surface area (TPSA) is 25.8 Å². The summed E-state index contributed by atoms with van der Waals surface area (Å²) in [6.45, 7) is 8.63. The number of nitrogens with zero attached hydrogens (tertiary/aromatic N) is 2. The average Bonchev–Trinajstić information content (AvgIpc) is 2.03. The fourth-order valence-corrected chi connectivity index (χ4v) is 1.27. The fourth-order valence-electron chi connectivity index (χ4n) is 1.27. The Kier molecular flexibility index (Phi) is 2.46. The molecule has 1 aromatic rings. The van der Waals surface area contributed by atoms with Crippen molar-refractivity contribution < 1.29 is 0 Å². The van der Waals surface area contributed by atoms with Crippen molar-refractivity contribution >= 4 is 0 Å². The van der Waals surface area contributed by atoms with Gasteiger partial charge in [0.15, 0.2) is 0 Å². The second kappa shape index (κ2) is 3.21. The van der Waals surface area contributed by atoms with Crippen molar-refractivity contribution in [1.82, 2.24) is 10.2 Å². The first-order valence-corrected chi connectivity index (χ1v) is 4.36. The molecule has 0 radical (unpaired) electrons. The number of hydrogen-bond acceptors (Lipinski definition) is 2. The highest BCUT2D eigenvalue weighted by molar-refractivity contribution is 5.23. The van der Waals surface area contributed by atoms with Crippen LogP contribution in [0.5, 0.6) is 0 Å². The maximum Gasteiger partial charge on any atom is 0.0716 e. The van der Waals surface area contributed by atoms with E-state index in [1.165, 1.54) is 5.56 Å². The Bertz CT molecular complexity index is 261. The van der Waals surface area contributed by atoms with Gasteiger partial charge in [-0.1, -0.05) is 27.7 Å². The van der Waals surface area contributed by atoms with E-state index in [9.17, 15) is 0 Å². The maximum absolute atomic E-state index is 4.17. The van der Waals surface area contributed by atoms with Gasteiger partial charge >= 0.3 is 0 Å². The van der Waals surface area contributed by atoms with Crippen molar-refractivity contribution in [2.45, 2.75) is 39.5 Å². The van der Waals surface area contributed by atoms with Crippen LogP contribution in [0.15, 0.2) is 12.3 Å². The quantitative estimate of drug-likeness (QED) is 0.636. The van der Waals surface area contributed by atoms with Crippen molar-refractivity contribution in [3.8, 4) is 0 Å². The summed E-state index contributed by atoms with van der Waals surface area (Å²) < 4.78 is 0. The van der Waals surface area contributed by atoms with Crippen LogP contribution in [0.25, 0.3) is 0 Å². The number of rotatable bonds is 1. The summed E-state index contributed by atoms with van der Waals surface area (Å²) in [4.78, 5) is 0. The molecule has 2 heteroatoms. The lowest BCUT2D eigenvalue weighted by Crippen LogP contribution is -2.17. The Hall–Kier alpha value is -0.920. The van der Waals surface area contributed by atoms with Crippen LogP contribution in [-0.2, 0) is 11.8 Å². The molecule has 66 valence electrons. The number of aromatic nitrogens is 2. The van der Waals surface area contributed by atoms with Gasteiger partial charge in [-0.2, -0.15) is 10.2 Å². The van der Waals surface area contributed by atoms with Gasteiger partial charge in [0.25, 0.3) is 0 Å². The van der Waals surface area contributed by atoms with Gasteiger partial charge in [-0.3, -0.25) is 0 Å². The normalized spacial score (nSPS) is 11.7. The van der Waals surface area contributed by atoms with Gasteiger partial charge in [-0.25, -0.2) is 0 Å². The molecule has 0 spiro atoms. The first-order valence-electron chi connectivity index (χ1n) is 4.36. The Labute approximate surface area is 74.0 Å². The summed E-state index contributed by atoms with van der Waals surface area (Å²) in [6.07, 6.45) is 2.79. The van der Waals surface area contributed by atoms with Gasteiger partial charge < -0.3 is 0 Å². The average molecular weight is 164 g/mol. The Morgan fingerprint density at radius 2 is 2.00 bits per heavy atom. The molecule has 0 bridgehead atoms. The molecule has 0 unspecified atom stereocenters. The first-order chi connectivity index (χ1) is 5.55. The van der Waals surface area contributed by atoms with E-state index in [-0.39, 0.29) is 5.41 Å². The third-order valence-electron chi connectivity index (χ3n) is 1.90. The van der Waals surface area contributed by atoms with E-state index in [4.69, 9.17) is 0 Å². The van der Waals surface area contributed by atoms with Crippen molar-refractivity contribution in [1.29, 1.82) is 0 Å². The van der Waals surface area contributed by atoms with Crippen molar-refractivity contribution in [3.63, 3.8) is 0 Å². The van der Waals surface area contributed by atoms with Crippen LogP contribution in [0.4, 0.5) is 0 Å². The van der Waals surface area contributed by atoms with E-state index < -0.39 is 0 Å². The van der Waals surface area contributed by atoms with Crippen LogP contribution in [0.3, 0.4) is 0 Å². The predicted molar refractivity (Wildman–Crippen MR) is 50.1 cm³/mol. The number of aryl methyl sites for hydroxylation is 1. The molecule has 1 aromatic heterocycles. The van der Waals surface area contributed by atoms with Gasteiger partial charge in [-0.05, 0) is 18.1 Å². The van der Waals surface area contributed by atoms with E-state index >= 15 is 0 Å². The highest BCUT2D eigenvalue weighted by Crippen LogP contribution is 2.22. The number of hydrogen-bond donors (Lipinski definition) is 0. The van der Waals surface area contributed by atoms with Gasteiger partial charge in [-0.15, -0.1) is 0 Å². The van der Waals surface area contributed by atoms with Gasteiger partial charge in [0.2, 0.25) is 0 Å². The van der Waals surface area contributed by atoms with E-state index in [1.54, 1.807) is 6.20 Å². The van der Waals surface area contributed by atoms with Crippen molar-refractivity contribution in [2.75, 3.05) is 0 Å². The Morgan fingerprint density at radius 3 is 2.42 bits per heavy atom. The standard InChI is InChI=1S/C10H16N2/c1-5-8-6-7-11-12-9(8)10(2,3)4/h6-7H,5H2,1-4H3. The monoisotopic (exact) mass is 164 g/mol. The molecule has 0 aliphatic carbocycles. The second-order valence-corrected chi connectivity index (χ2v) is 4.01. The van der Waals surface area contributed by atoms with Crippen molar-refractivity contribution in [3.05, 3.63) is 23.5 Å². The molecule has 1 heterocycles. The summed E-state index contributed by atoms with van der Waals surface area (Å²) in [6, 6.07) is 2.05. The molecule has 0 aromatic carbocycles. The third kappa shape index (κ3) is 1.81. The van der Waals surface area contributed by atoms with Crippen LogP contribution in [0.2, 0.25) is 0 Å². The molecule has 0 aliphatic rings. The molecule has 0 aliphatic heterocycles. The predicted octanol–water partition coefficient (Wildman–Crippen LogP) is 2.34. The van der Waals surface area contributed by atoms with Crippen molar-refractivity contribution in [2.24, 2.45) is 0 Å². The zero-order valence-electron chi connectivity index (χ0n) is 8.26. The molecule has 12 heavy (non-hydrogen) atoms. The minimum Gasteiger partial charge on any atom is -0.159 e. The lowest BCUT2D eigenvalue weighted by Gasteiger charge is -2.19. The summed E-state index contributed by atoms with van der Waals surface area (Å²) >= 11 is 0. The summed E-state index contributed by atoms with van der Waals surface area (Å²) in [7, 11) is 0. The van der Waals surface area contributed by atoms with Crippen LogP contribution in [-0.4, -0.2) is 10.2 Å². The minimum atomic E-state index is 0.111. The van der Waals surface area contributed by atoms with E-state index in [1.807, 2.05) is 6.07 Å². The highest BCUT2D eigenvalue weighted by atomic mass is 15.1. The SMILES string of the molecule is CCc1ccnnc1C(C)(C)C. The Balaban J connectivity index is 3.14. The van der Waals surface area contributed by atoms with E-state index in [0.717, 1.165) is 12.1 Å². The van der Waals surface area contributed by atoms with E-state index in [2.05, 4.69) is 37.9 Å². The molecule has 0 N–H and O–H groups in total. The first kappa shape index (κ1) is 9.17. The lowest BCUT2D eigenvalue weighted by atomic mass is 9.88. The summed E-state index contributed by atoms with van der Waals surface area (Å²) in [5.74, 6) is 0. The van der Waals surface area contributed by atoms with Crippen LogP contribution < -0.4 is 0 Å². The molecule has 2 nitrogen and oxygen atoms in total. The lowest BCUT2D eigenvalue weighted by molar-refractivity contribution is 0.550. The van der Waals surface area contributed by atoms with Crippen LogP contribution in [0, 0.1) is 0 Å². The zero-order valence-corrected chi connectivity index (χ0v) is 8.26. The van der Waals surface area contributed by atoms with E-state index in [0.29, 0.717) is 0 Å². The smallest absolute Gasteiger partial charge is 0.0716 e. The van der Waals surface area contributed by atoms with Gasteiger partial charge in [0, 0.05) is 11.6 Å². The fraction of sp³-hybridized carbons (Fsp3) is 0.600. The van der Waals surface area contributed by atoms with Crippen LogP contribution in [0.1, 0.15) is 39.0 Å². The zero-order chi connectivity index (χ0) is 9.19. The summed E-state index contributed by atoms with van der Waals surface area (Å²) in [5.41, 5.74) is 2.53. The third-order valence-corrected chi connectivity index (χ3v) is 1.90. The molecule has 0 fully saturated rings. The van der Waals surface area contributed by atoms with Gasteiger partial charge in [0.1, 0.15) is 0 Å². The molecule has 0 atom stereocenters. The highest BCUT2D eigenvalue weighted by Gasteiger charge is 2.18. The molecule has 0 saturated carbocycles. The van der Waals surface area contributed by atoms with Gasteiger partial charge in [0.05, 0.1) is 5.69 Å².